The molecular formula is C14H29NO3. The molecule has 0 heterocycles. The summed E-state index contributed by atoms with van der Waals surface area (Å²) in [5.74, 6) is 0.532. The average Bonchev–Trinajstić information content (AvgIpc) is 2.20. The van der Waals surface area contributed by atoms with E-state index >= 15 is 0 Å². The smallest absolute Gasteiger partial charge is 0.220 e. The Hall–Kier alpha value is -0.610. The van der Waals surface area contributed by atoms with Crippen LogP contribution in [0.5, 0.6) is 0 Å². The second-order valence-corrected chi connectivity index (χ2v) is 6.11. The summed E-state index contributed by atoms with van der Waals surface area (Å²) in [6.07, 6.45) is 2.44. The third-order valence-electron chi connectivity index (χ3n) is 2.52. The van der Waals surface area contributed by atoms with Gasteiger partial charge in [-0.1, -0.05) is 27.7 Å². The molecule has 1 amide bonds. The minimum atomic E-state index is 0.0523. The van der Waals surface area contributed by atoms with Gasteiger partial charge in [-0.25, -0.2) is 0 Å². The molecule has 0 bridgehead atoms. The Bertz CT molecular complexity index is 224. The van der Waals surface area contributed by atoms with Crippen LogP contribution < -0.4 is 5.32 Å². The fourth-order valence-electron chi connectivity index (χ4n) is 2.07. The first-order valence-corrected chi connectivity index (χ1v) is 6.80. The molecule has 1 unspecified atom stereocenters. The number of nitrogens with one attached hydrogen (secondary N) is 1. The van der Waals surface area contributed by atoms with Gasteiger partial charge in [-0.05, 0) is 24.2 Å². The second-order valence-electron chi connectivity index (χ2n) is 6.11. The van der Waals surface area contributed by atoms with Gasteiger partial charge >= 0.3 is 0 Å². The molecule has 0 aromatic heterocycles. The molecule has 4 heteroatoms. The van der Waals surface area contributed by atoms with E-state index < -0.39 is 0 Å². The van der Waals surface area contributed by atoms with Crippen LogP contribution in [-0.2, 0) is 9.53 Å². The van der Waals surface area contributed by atoms with Gasteiger partial charge in [0, 0.05) is 19.6 Å². The molecule has 0 spiro atoms. The number of rotatable bonds is 9. The highest BCUT2D eigenvalue weighted by Crippen LogP contribution is 2.25. The summed E-state index contributed by atoms with van der Waals surface area (Å²) in [6, 6.07) is 0. The first-order chi connectivity index (χ1) is 8.35. The number of aliphatic hydroxyl groups is 1. The fraction of sp³-hybridized carbons (Fsp3) is 0.929. The highest BCUT2D eigenvalue weighted by molar-refractivity contribution is 5.76. The van der Waals surface area contributed by atoms with Crippen molar-refractivity contribution in [3.63, 3.8) is 0 Å². The zero-order valence-electron chi connectivity index (χ0n) is 12.3. The molecule has 0 aliphatic heterocycles. The summed E-state index contributed by atoms with van der Waals surface area (Å²) < 4.78 is 5.11. The van der Waals surface area contributed by atoms with Crippen LogP contribution in [0.15, 0.2) is 0 Å². The summed E-state index contributed by atoms with van der Waals surface area (Å²) in [5.41, 5.74) is 0.276. The van der Waals surface area contributed by atoms with Crippen molar-refractivity contribution in [1.82, 2.24) is 5.32 Å². The topological polar surface area (TPSA) is 58.6 Å². The maximum Gasteiger partial charge on any atom is 0.220 e. The summed E-state index contributed by atoms with van der Waals surface area (Å²) in [7, 11) is 0. The molecular weight excluding hydrogens is 230 g/mol. The number of amides is 1. The van der Waals surface area contributed by atoms with Crippen molar-refractivity contribution in [3.8, 4) is 0 Å². The molecule has 0 radical (unpaired) electrons. The van der Waals surface area contributed by atoms with Crippen molar-refractivity contribution >= 4 is 5.91 Å². The Morgan fingerprint density at radius 3 is 2.56 bits per heavy atom. The van der Waals surface area contributed by atoms with E-state index in [1.54, 1.807) is 0 Å². The summed E-state index contributed by atoms with van der Waals surface area (Å²) >= 11 is 0. The van der Waals surface area contributed by atoms with E-state index in [1.165, 1.54) is 0 Å². The number of hydrogen-bond donors (Lipinski definition) is 2. The van der Waals surface area contributed by atoms with E-state index in [-0.39, 0.29) is 17.9 Å². The lowest BCUT2D eigenvalue weighted by molar-refractivity contribution is -0.122. The van der Waals surface area contributed by atoms with Gasteiger partial charge in [0.1, 0.15) is 0 Å². The zero-order valence-corrected chi connectivity index (χ0v) is 12.3. The normalized spacial score (nSPS) is 13.4. The summed E-state index contributed by atoms with van der Waals surface area (Å²) in [4.78, 5) is 11.6. The van der Waals surface area contributed by atoms with Gasteiger partial charge in [0.05, 0.1) is 13.2 Å². The Labute approximate surface area is 111 Å². The number of carbonyl (C=O) groups excluding carboxylic acids is 1. The highest BCUT2D eigenvalue weighted by atomic mass is 16.5. The van der Waals surface area contributed by atoms with E-state index in [0.29, 0.717) is 32.1 Å². The summed E-state index contributed by atoms with van der Waals surface area (Å²) in [6.45, 7) is 10.4. The molecule has 108 valence electrons. The standard InChI is InChI=1S/C14H29NO3/c1-12(11-14(2,3)4)10-13(17)15-6-5-8-18-9-7-16/h12,16H,5-11H2,1-4H3,(H,15,17). The maximum absolute atomic E-state index is 11.6. The van der Waals surface area contributed by atoms with Crippen LogP contribution in [0, 0.1) is 11.3 Å². The van der Waals surface area contributed by atoms with Gasteiger partial charge < -0.3 is 15.2 Å². The van der Waals surface area contributed by atoms with Crippen molar-refractivity contribution in [2.45, 2.75) is 47.0 Å². The predicted molar refractivity (Wildman–Crippen MR) is 73.4 cm³/mol. The number of carbonyl (C=O) groups is 1. The van der Waals surface area contributed by atoms with Crippen molar-refractivity contribution in [3.05, 3.63) is 0 Å². The minimum Gasteiger partial charge on any atom is -0.394 e. The van der Waals surface area contributed by atoms with Crippen molar-refractivity contribution < 1.29 is 14.6 Å². The van der Waals surface area contributed by atoms with Gasteiger partial charge in [0.25, 0.3) is 0 Å². The Kier molecular flexibility index (Phi) is 9.02. The van der Waals surface area contributed by atoms with E-state index in [1.807, 2.05) is 0 Å². The van der Waals surface area contributed by atoms with E-state index in [9.17, 15) is 4.79 Å². The fourth-order valence-corrected chi connectivity index (χ4v) is 2.07. The third kappa shape index (κ3) is 11.9. The highest BCUT2D eigenvalue weighted by Gasteiger charge is 2.17. The monoisotopic (exact) mass is 259 g/mol. The van der Waals surface area contributed by atoms with Crippen molar-refractivity contribution in [2.75, 3.05) is 26.4 Å². The molecule has 0 saturated carbocycles. The molecule has 0 fully saturated rings. The quantitative estimate of drug-likeness (QED) is 0.622. The average molecular weight is 259 g/mol. The molecule has 0 rings (SSSR count). The van der Waals surface area contributed by atoms with Crippen LogP contribution in [0.4, 0.5) is 0 Å². The lowest BCUT2D eigenvalue weighted by atomic mass is 9.84. The number of ether oxygens (including phenoxy) is 1. The molecule has 18 heavy (non-hydrogen) atoms. The van der Waals surface area contributed by atoms with Crippen LogP contribution in [0.2, 0.25) is 0 Å². The largest absolute Gasteiger partial charge is 0.394 e. The van der Waals surface area contributed by atoms with Gasteiger partial charge in [-0.3, -0.25) is 4.79 Å². The number of hydrogen-bond acceptors (Lipinski definition) is 3. The second kappa shape index (κ2) is 9.34. The van der Waals surface area contributed by atoms with Crippen LogP contribution in [0.25, 0.3) is 0 Å². The lowest BCUT2D eigenvalue weighted by Crippen LogP contribution is -2.27. The number of aliphatic hydroxyl groups excluding tert-OH is 1. The first kappa shape index (κ1) is 17.4. The minimum absolute atomic E-state index is 0.0523. The van der Waals surface area contributed by atoms with E-state index in [0.717, 1.165) is 12.8 Å². The van der Waals surface area contributed by atoms with E-state index in [2.05, 4.69) is 33.0 Å². The Balaban J connectivity index is 3.53. The molecule has 0 saturated heterocycles. The van der Waals surface area contributed by atoms with Crippen LogP contribution >= 0.6 is 0 Å². The van der Waals surface area contributed by atoms with Crippen LogP contribution in [0.1, 0.15) is 47.0 Å². The van der Waals surface area contributed by atoms with Gasteiger partial charge in [0.2, 0.25) is 5.91 Å². The molecule has 0 aromatic rings. The zero-order chi connectivity index (χ0) is 14.0. The molecule has 0 aromatic carbocycles. The van der Waals surface area contributed by atoms with Gasteiger partial charge in [-0.15, -0.1) is 0 Å². The van der Waals surface area contributed by atoms with Crippen LogP contribution in [0.3, 0.4) is 0 Å². The van der Waals surface area contributed by atoms with Gasteiger partial charge in [-0.2, -0.15) is 0 Å². The summed E-state index contributed by atoms with van der Waals surface area (Å²) in [5, 5.41) is 11.4. The Morgan fingerprint density at radius 1 is 1.33 bits per heavy atom. The van der Waals surface area contributed by atoms with Crippen molar-refractivity contribution in [1.29, 1.82) is 0 Å². The lowest BCUT2D eigenvalue weighted by Gasteiger charge is -2.22. The van der Waals surface area contributed by atoms with Gasteiger partial charge in [0.15, 0.2) is 0 Å². The molecule has 1 atom stereocenters. The van der Waals surface area contributed by atoms with E-state index in [4.69, 9.17) is 9.84 Å². The maximum atomic E-state index is 11.6. The SMILES string of the molecule is CC(CC(=O)NCCCOCCO)CC(C)(C)C. The Morgan fingerprint density at radius 2 is 2.00 bits per heavy atom. The first-order valence-electron chi connectivity index (χ1n) is 6.80. The predicted octanol–water partition coefficient (Wildman–Crippen LogP) is 1.96. The van der Waals surface area contributed by atoms with Crippen molar-refractivity contribution in [2.24, 2.45) is 11.3 Å². The molecule has 2 N–H and O–H groups in total. The molecule has 0 aliphatic carbocycles. The molecule has 0 aliphatic rings. The molecule has 4 nitrogen and oxygen atoms in total. The third-order valence-corrected chi connectivity index (χ3v) is 2.52. The van der Waals surface area contributed by atoms with Crippen LogP contribution in [-0.4, -0.2) is 37.4 Å².